The minimum Gasteiger partial charge on any atom is -0.370 e. The number of nitrogens with two attached hydrogens (primary N) is 2. The van der Waals surface area contributed by atoms with Gasteiger partial charge in [0.15, 0.2) is 5.96 Å². The number of hydrogen-bond donors (Lipinski definition) is 4. The fourth-order valence-electron chi connectivity index (χ4n) is 5.93. The van der Waals surface area contributed by atoms with Crippen molar-refractivity contribution in [2.24, 2.45) is 16.5 Å². The van der Waals surface area contributed by atoms with Crippen molar-refractivity contribution in [1.82, 2.24) is 15.5 Å². The summed E-state index contributed by atoms with van der Waals surface area (Å²) in [6.45, 7) is 1.42. The van der Waals surface area contributed by atoms with Crippen molar-refractivity contribution in [3.8, 4) is 11.1 Å². The van der Waals surface area contributed by atoms with Gasteiger partial charge in [0.05, 0.1) is 18.5 Å². The minimum atomic E-state index is -0.441. The van der Waals surface area contributed by atoms with Crippen LogP contribution in [0.15, 0.2) is 120 Å². The minimum absolute atomic E-state index is 0.0322. The van der Waals surface area contributed by atoms with E-state index in [1.54, 1.807) is 0 Å². The van der Waals surface area contributed by atoms with Crippen LogP contribution in [0.5, 0.6) is 0 Å². The van der Waals surface area contributed by atoms with Gasteiger partial charge in [-0.3, -0.25) is 14.6 Å². The molecule has 232 valence electrons. The highest BCUT2D eigenvalue weighted by atomic mass is 16.2. The average molecular weight is 603 g/mol. The van der Waals surface area contributed by atoms with Gasteiger partial charge in [-0.1, -0.05) is 115 Å². The Morgan fingerprint density at radius 3 is 2.02 bits per heavy atom. The second kappa shape index (κ2) is 15.7. The first-order chi connectivity index (χ1) is 22.0. The van der Waals surface area contributed by atoms with E-state index >= 15 is 0 Å². The van der Waals surface area contributed by atoms with Crippen molar-refractivity contribution in [1.29, 1.82) is 0 Å². The Morgan fingerprint density at radius 2 is 1.42 bits per heavy atom. The summed E-state index contributed by atoms with van der Waals surface area (Å²) in [5.74, 6) is 0.0254. The first-order valence-electron chi connectivity index (χ1n) is 15.6. The summed E-state index contributed by atoms with van der Waals surface area (Å²) in [5, 5.41) is 6.68. The molecular formula is C37H42N6O2. The van der Waals surface area contributed by atoms with Gasteiger partial charge >= 0.3 is 0 Å². The average Bonchev–Trinajstić information content (AvgIpc) is 3.22. The van der Waals surface area contributed by atoms with Gasteiger partial charge in [0.2, 0.25) is 11.8 Å². The zero-order valence-electron chi connectivity index (χ0n) is 25.5. The first kappa shape index (κ1) is 31.5. The SMILES string of the molecule is NC(N)=NCCC[C@@H]1N[C@@H](CNC(=O)Cc2ccc(-c3ccccc3)cc2)CCN(C(c2ccccc2)c2ccccc2)C1=O. The van der Waals surface area contributed by atoms with Gasteiger partial charge in [-0.2, -0.15) is 0 Å². The van der Waals surface area contributed by atoms with Crippen LogP contribution in [-0.4, -0.2) is 54.4 Å². The molecule has 0 spiro atoms. The van der Waals surface area contributed by atoms with Crippen LogP contribution in [0.25, 0.3) is 11.1 Å². The normalized spacial score (nSPS) is 16.6. The predicted octanol–water partition coefficient (Wildman–Crippen LogP) is 4.41. The standard InChI is InChI=1S/C37H42N6O2/c38-37(39)40-23-10-17-33-36(45)43(35(30-13-6-2-7-14-30)31-15-8-3-9-16-31)24-22-32(42-33)26-41-34(44)25-27-18-20-29(21-19-27)28-11-4-1-5-12-28/h1-9,11-16,18-21,32-33,35,42H,10,17,22-26H2,(H,41,44)(H4,38,39,40)/t32-,33+/m1/s1. The third kappa shape index (κ3) is 8.80. The monoisotopic (exact) mass is 602 g/mol. The van der Waals surface area contributed by atoms with Crippen LogP contribution in [0.3, 0.4) is 0 Å². The van der Waals surface area contributed by atoms with Crippen molar-refractivity contribution in [3.63, 3.8) is 0 Å². The molecule has 4 aromatic carbocycles. The molecule has 2 atom stereocenters. The van der Waals surface area contributed by atoms with Gasteiger partial charge in [0.1, 0.15) is 0 Å². The topological polar surface area (TPSA) is 126 Å². The van der Waals surface area contributed by atoms with Gasteiger partial charge in [0, 0.05) is 25.7 Å². The Labute approximate surface area is 265 Å². The zero-order chi connectivity index (χ0) is 31.4. The first-order valence-corrected chi connectivity index (χ1v) is 15.6. The molecule has 4 aromatic rings. The number of amides is 2. The van der Waals surface area contributed by atoms with E-state index in [0.29, 0.717) is 45.3 Å². The summed E-state index contributed by atoms with van der Waals surface area (Å²) in [5.41, 5.74) is 16.4. The van der Waals surface area contributed by atoms with Crippen molar-refractivity contribution in [2.75, 3.05) is 19.6 Å². The van der Waals surface area contributed by atoms with E-state index in [9.17, 15) is 9.59 Å². The number of guanidine groups is 1. The maximum atomic E-state index is 14.2. The molecule has 8 heteroatoms. The summed E-state index contributed by atoms with van der Waals surface area (Å²) in [6.07, 6.45) is 2.20. The number of rotatable bonds is 12. The largest absolute Gasteiger partial charge is 0.370 e. The maximum absolute atomic E-state index is 14.2. The predicted molar refractivity (Wildman–Crippen MR) is 180 cm³/mol. The van der Waals surface area contributed by atoms with Crippen molar-refractivity contribution in [3.05, 3.63) is 132 Å². The van der Waals surface area contributed by atoms with Crippen LogP contribution in [0.1, 0.15) is 42.0 Å². The molecule has 0 unspecified atom stereocenters. The fraction of sp³-hybridized carbons (Fsp3) is 0.270. The number of nitrogens with zero attached hydrogens (tertiary/aromatic N) is 2. The molecule has 1 heterocycles. The van der Waals surface area contributed by atoms with Crippen LogP contribution in [0.4, 0.5) is 0 Å². The summed E-state index contributed by atoms with van der Waals surface area (Å²) in [4.78, 5) is 33.3. The number of carbonyl (C=O) groups excluding carboxylic acids is 2. The highest BCUT2D eigenvalue weighted by molar-refractivity contribution is 5.83. The molecule has 0 aliphatic carbocycles. The van der Waals surface area contributed by atoms with Crippen LogP contribution in [0.2, 0.25) is 0 Å². The van der Waals surface area contributed by atoms with Crippen molar-refractivity contribution >= 4 is 17.8 Å². The van der Waals surface area contributed by atoms with Crippen LogP contribution in [-0.2, 0) is 16.0 Å². The Balaban J connectivity index is 1.28. The number of hydrogen-bond acceptors (Lipinski definition) is 4. The quantitative estimate of drug-likeness (QED) is 0.109. The lowest BCUT2D eigenvalue weighted by atomic mass is 9.96. The Kier molecular flexibility index (Phi) is 11.0. The summed E-state index contributed by atoms with van der Waals surface area (Å²) in [7, 11) is 0. The summed E-state index contributed by atoms with van der Waals surface area (Å²) in [6, 6.07) is 37.8. The lowest BCUT2D eigenvalue weighted by Gasteiger charge is -2.33. The van der Waals surface area contributed by atoms with Gasteiger partial charge < -0.3 is 27.0 Å². The van der Waals surface area contributed by atoms with E-state index in [-0.39, 0.29) is 29.9 Å². The number of benzene rings is 4. The Morgan fingerprint density at radius 1 is 0.844 bits per heavy atom. The molecule has 0 bridgehead atoms. The molecule has 1 aliphatic heterocycles. The molecule has 0 radical (unpaired) electrons. The molecule has 1 fully saturated rings. The third-order valence-electron chi connectivity index (χ3n) is 8.20. The molecule has 0 aromatic heterocycles. The van der Waals surface area contributed by atoms with Gasteiger partial charge in [0.25, 0.3) is 0 Å². The Bertz CT molecular complexity index is 1500. The van der Waals surface area contributed by atoms with Crippen molar-refractivity contribution < 1.29 is 9.59 Å². The molecule has 5 rings (SSSR count). The van der Waals surface area contributed by atoms with E-state index in [2.05, 4.69) is 52.0 Å². The van der Waals surface area contributed by atoms with E-state index in [0.717, 1.165) is 27.8 Å². The molecule has 8 nitrogen and oxygen atoms in total. The zero-order valence-corrected chi connectivity index (χ0v) is 25.5. The summed E-state index contributed by atoms with van der Waals surface area (Å²) < 4.78 is 0. The molecule has 1 aliphatic rings. The molecule has 1 saturated heterocycles. The molecular weight excluding hydrogens is 560 g/mol. The van der Waals surface area contributed by atoms with E-state index in [1.807, 2.05) is 83.8 Å². The van der Waals surface area contributed by atoms with Gasteiger partial charge in [-0.25, -0.2) is 0 Å². The van der Waals surface area contributed by atoms with Crippen molar-refractivity contribution in [2.45, 2.75) is 43.8 Å². The highest BCUT2D eigenvalue weighted by Crippen LogP contribution is 2.31. The van der Waals surface area contributed by atoms with Crippen LogP contribution in [0, 0.1) is 0 Å². The lowest BCUT2D eigenvalue weighted by molar-refractivity contribution is -0.134. The maximum Gasteiger partial charge on any atom is 0.240 e. The Hall–Kier alpha value is -4.95. The smallest absolute Gasteiger partial charge is 0.240 e. The number of aliphatic imine (C=N–C) groups is 1. The second-order valence-electron chi connectivity index (χ2n) is 11.5. The summed E-state index contributed by atoms with van der Waals surface area (Å²) >= 11 is 0. The molecule has 6 N–H and O–H groups in total. The molecule has 2 amide bonds. The fourth-order valence-corrected chi connectivity index (χ4v) is 5.93. The second-order valence-corrected chi connectivity index (χ2v) is 11.5. The van der Waals surface area contributed by atoms with Crippen LogP contribution >= 0.6 is 0 Å². The molecule has 0 saturated carbocycles. The van der Waals surface area contributed by atoms with E-state index in [4.69, 9.17) is 11.5 Å². The third-order valence-corrected chi connectivity index (χ3v) is 8.20. The molecule has 45 heavy (non-hydrogen) atoms. The van der Waals surface area contributed by atoms with Crippen LogP contribution < -0.4 is 22.1 Å². The lowest BCUT2D eigenvalue weighted by Crippen LogP contribution is -2.49. The van der Waals surface area contributed by atoms with E-state index in [1.165, 1.54) is 0 Å². The van der Waals surface area contributed by atoms with Gasteiger partial charge in [-0.15, -0.1) is 0 Å². The van der Waals surface area contributed by atoms with Gasteiger partial charge in [-0.05, 0) is 47.1 Å². The number of nitrogens with one attached hydrogen (secondary N) is 2. The highest BCUT2D eigenvalue weighted by Gasteiger charge is 2.35. The van der Waals surface area contributed by atoms with E-state index < -0.39 is 6.04 Å². The number of carbonyl (C=O) groups is 2.